The lowest BCUT2D eigenvalue weighted by molar-refractivity contribution is -0.121. The van der Waals surface area contributed by atoms with E-state index >= 15 is 0 Å². The second-order valence-electron chi connectivity index (χ2n) is 6.82. The van der Waals surface area contributed by atoms with Gasteiger partial charge in [-0.2, -0.15) is 0 Å². The number of nitrogens with zero attached hydrogens (tertiary/aromatic N) is 4. The van der Waals surface area contributed by atoms with Crippen LogP contribution in [0.25, 0.3) is 0 Å². The van der Waals surface area contributed by atoms with Crippen molar-refractivity contribution < 1.29 is 14.3 Å². The predicted octanol–water partition coefficient (Wildman–Crippen LogP) is 1.51. The molecule has 28 heavy (non-hydrogen) atoms. The molecule has 1 aliphatic heterocycles. The number of carbonyl (C=O) groups excluding carboxylic acids is 2. The van der Waals surface area contributed by atoms with Crippen LogP contribution in [-0.4, -0.2) is 57.5 Å². The van der Waals surface area contributed by atoms with E-state index < -0.39 is 0 Å². The number of aromatic nitrogens is 3. The van der Waals surface area contributed by atoms with E-state index in [4.69, 9.17) is 4.74 Å². The third-order valence-corrected chi connectivity index (χ3v) is 4.56. The quantitative estimate of drug-likeness (QED) is 0.742. The first-order valence-corrected chi connectivity index (χ1v) is 9.47. The minimum Gasteiger partial charge on any atom is -0.376 e. The molecular weight excluding hydrogens is 358 g/mol. The van der Waals surface area contributed by atoms with Gasteiger partial charge in [0, 0.05) is 51.3 Å². The summed E-state index contributed by atoms with van der Waals surface area (Å²) >= 11 is 0. The van der Waals surface area contributed by atoms with Crippen molar-refractivity contribution in [1.82, 2.24) is 25.2 Å². The fourth-order valence-corrected chi connectivity index (χ4v) is 3.00. The molecule has 8 heteroatoms. The smallest absolute Gasteiger partial charge is 0.274 e. The lowest BCUT2D eigenvalue weighted by Gasteiger charge is -2.25. The van der Waals surface area contributed by atoms with Crippen LogP contribution < -0.4 is 5.32 Å². The first-order chi connectivity index (χ1) is 13.6. The number of rotatable bonds is 8. The lowest BCUT2D eigenvalue weighted by Crippen LogP contribution is -2.40. The maximum atomic E-state index is 12.9. The highest BCUT2D eigenvalue weighted by atomic mass is 16.5. The molecule has 1 aliphatic rings. The van der Waals surface area contributed by atoms with Crippen LogP contribution in [0.15, 0.2) is 36.9 Å². The Morgan fingerprint density at radius 2 is 2.18 bits per heavy atom. The first kappa shape index (κ1) is 19.9. The SMILES string of the molecule is Cc1cnc(C(=O)N(CCC(=O)NCc2cccnc2)C[C@H]2CCCO2)cn1. The van der Waals surface area contributed by atoms with Crippen molar-refractivity contribution in [2.45, 2.75) is 38.8 Å². The van der Waals surface area contributed by atoms with Crippen molar-refractivity contribution >= 4 is 11.8 Å². The largest absolute Gasteiger partial charge is 0.376 e. The molecule has 0 aromatic carbocycles. The fourth-order valence-electron chi connectivity index (χ4n) is 3.00. The van der Waals surface area contributed by atoms with Gasteiger partial charge in [-0.3, -0.25) is 19.6 Å². The molecule has 0 unspecified atom stereocenters. The van der Waals surface area contributed by atoms with Crippen LogP contribution in [0.5, 0.6) is 0 Å². The van der Waals surface area contributed by atoms with Gasteiger partial charge in [0.05, 0.1) is 18.0 Å². The normalized spacial score (nSPS) is 16.0. The van der Waals surface area contributed by atoms with Crippen LogP contribution in [0.3, 0.4) is 0 Å². The molecular formula is C20H25N5O3. The predicted molar refractivity (Wildman–Crippen MR) is 102 cm³/mol. The average Bonchev–Trinajstić information content (AvgIpc) is 3.23. The highest BCUT2D eigenvalue weighted by Crippen LogP contribution is 2.15. The van der Waals surface area contributed by atoms with Crippen molar-refractivity contribution in [3.8, 4) is 0 Å². The van der Waals surface area contributed by atoms with Crippen molar-refractivity contribution in [3.05, 3.63) is 53.9 Å². The van der Waals surface area contributed by atoms with Gasteiger partial charge in [0.15, 0.2) is 0 Å². The summed E-state index contributed by atoms with van der Waals surface area (Å²) in [6.07, 6.45) is 8.55. The van der Waals surface area contributed by atoms with Crippen molar-refractivity contribution in [2.24, 2.45) is 0 Å². The molecule has 2 amide bonds. The summed E-state index contributed by atoms with van der Waals surface area (Å²) < 4.78 is 5.66. The summed E-state index contributed by atoms with van der Waals surface area (Å²) in [6, 6.07) is 3.72. The third kappa shape index (κ3) is 5.82. The minimum absolute atomic E-state index is 0.000752. The second kappa shape index (κ2) is 9.89. The summed E-state index contributed by atoms with van der Waals surface area (Å²) in [4.78, 5) is 39.1. The van der Waals surface area contributed by atoms with E-state index in [1.807, 2.05) is 19.1 Å². The van der Waals surface area contributed by atoms with Gasteiger partial charge in [-0.1, -0.05) is 6.07 Å². The molecule has 1 N–H and O–H groups in total. The van der Waals surface area contributed by atoms with Gasteiger partial charge >= 0.3 is 0 Å². The summed E-state index contributed by atoms with van der Waals surface area (Å²) in [5.74, 6) is -0.355. The number of nitrogens with one attached hydrogen (secondary N) is 1. The van der Waals surface area contributed by atoms with Gasteiger partial charge in [-0.05, 0) is 31.4 Å². The third-order valence-electron chi connectivity index (χ3n) is 4.56. The van der Waals surface area contributed by atoms with E-state index in [9.17, 15) is 9.59 Å². The van der Waals surface area contributed by atoms with E-state index in [-0.39, 0.29) is 30.0 Å². The van der Waals surface area contributed by atoms with E-state index in [0.29, 0.717) is 26.2 Å². The zero-order valence-electron chi connectivity index (χ0n) is 16.0. The molecule has 3 rings (SSSR count). The number of hydrogen-bond donors (Lipinski definition) is 1. The Hall–Kier alpha value is -2.87. The number of aryl methyl sites for hydroxylation is 1. The lowest BCUT2D eigenvalue weighted by atomic mass is 10.2. The Kier molecular flexibility index (Phi) is 7.02. The number of carbonyl (C=O) groups is 2. The minimum atomic E-state index is -0.233. The van der Waals surface area contributed by atoms with Gasteiger partial charge in [0.25, 0.3) is 5.91 Å². The fraction of sp³-hybridized carbons (Fsp3) is 0.450. The molecule has 0 aliphatic carbocycles. The van der Waals surface area contributed by atoms with Crippen LogP contribution in [0.1, 0.15) is 41.0 Å². The topological polar surface area (TPSA) is 97.3 Å². The Bertz CT molecular complexity index is 776. The Morgan fingerprint density at radius 3 is 2.86 bits per heavy atom. The van der Waals surface area contributed by atoms with Crippen molar-refractivity contribution in [1.29, 1.82) is 0 Å². The number of pyridine rings is 1. The molecule has 2 aromatic rings. The van der Waals surface area contributed by atoms with Crippen LogP contribution >= 0.6 is 0 Å². The van der Waals surface area contributed by atoms with Crippen LogP contribution in [0.2, 0.25) is 0 Å². The second-order valence-corrected chi connectivity index (χ2v) is 6.82. The maximum Gasteiger partial charge on any atom is 0.274 e. The Labute approximate surface area is 164 Å². The summed E-state index contributed by atoms with van der Waals surface area (Å²) in [6.45, 7) is 3.69. The van der Waals surface area contributed by atoms with Gasteiger partial charge in [0.1, 0.15) is 5.69 Å². The number of hydrogen-bond acceptors (Lipinski definition) is 6. The number of amides is 2. The molecule has 0 spiro atoms. The molecule has 8 nitrogen and oxygen atoms in total. The number of ether oxygens (including phenoxy) is 1. The summed E-state index contributed by atoms with van der Waals surface area (Å²) in [5.41, 5.74) is 1.95. The van der Waals surface area contributed by atoms with E-state index in [1.54, 1.807) is 23.5 Å². The standard InChI is InChI=1S/C20H25N5O3/c1-15-10-23-18(13-22-15)20(27)25(14-17-5-3-9-28-17)8-6-19(26)24-12-16-4-2-7-21-11-16/h2,4,7,10-11,13,17H,3,5-6,8-9,12,14H2,1H3,(H,24,26)/t17-/m1/s1. The van der Waals surface area contributed by atoms with Crippen LogP contribution in [0.4, 0.5) is 0 Å². The van der Waals surface area contributed by atoms with Crippen molar-refractivity contribution in [2.75, 3.05) is 19.7 Å². The molecule has 1 fully saturated rings. The van der Waals surface area contributed by atoms with Gasteiger partial charge in [-0.15, -0.1) is 0 Å². The first-order valence-electron chi connectivity index (χ1n) is 9.47. The molecule has 2 aromatic heterocycles. The van der Waals surface area contributed by atoms with Crippen LogP contribution in [0, 0.1) is 6.92 Å². The zero-order valence-corrected chi connectivity index (χ0v) is 16.0. The van der Waals surface area contributed by atoms with Gasteiger partial charge in [0.2, 0.25) is 5.91 Å². The summed E-state index contributed by atoms with van der Waals surface area (Å²) in [7, 11) is 0. The molecule has 1 atom stereocenters. The molecule has 0 bridgehead atoms. The van der Waals surface area contributed by atoms with E-state index in [2.05, 4.69) is 20.3 Å². The molecule has 3 heterocycles. The Balaban J connectivity index is 1.57. The van der Waals surface area contributed by atoms with Crippen LogP contribution in [-0.2, 0) is 16.1 Å². The Morgan fingerprint density at radius 1 is 1.29 bits per heavy atom. The van der Waals surface area contributed by atoms with Gasteiger partial charge < -0.3 is 15.0 Å². The van der Waals surface area contributed by atoms with E-state index in [1.165, 1.54) is 6.20 Å². The highest BCUT2D eigenvalue weighted by molar-refractivity contribution is 5.92. The summed E-state index contributed by atoms with van der Waals surface area (Å²) in [5, 5.41) is 2.86. The monoisotopic (exact) mass is 383 g/mol. The maximum absolute atomic E-state index is 12.9. The molecule has 0 radical (unpaired) electrons. The zero-order chi connectivity index (χ0) is 19.8. The van der Waals surface area contributed by atoms with Crippen molar-refractivity contribution in [3.63, 3.8) is 0 Å². The van der Waals surface area contributed by atoms with E-state index in [0.717, 1.165) is 24.1 Å². The highest BCUT2D eigenvalue weighted by Gasteiger charge is 2.24. The molecule has 148 valence electrons. The molecule has 1 saturated heterocycles. The average molecular weight is 383 g/mol. The molecule has 0 saturated carbocycles. The van der Waals surface area contributed by atoms with Gasteiger partial charge in [-0.25, -0.2) is 4.98 Å².